The molecule has 0 aromatic heterocycles. The third-order valence-corrected chi connectivity index (χ3v) is 5.97. The van der Waals surface area contributed by atoms with Gasteiger partial charge in [-0.3, -0.25) is 4.79 Å². The Morgan fingerprint density at radius 1 is 0.880 bits per heavy atom. The van der Waals surface area contributed by atoms with Gasteiger partial charge in [0.25, 0.3) is 5.91 Å². The molecule has 0 saturated carbocycles. The molecule has 5 nitrogen and oxygen atoms in total. The van der Waals surface area contributed by atoms with Crippen LogP contribution in [-0.2, 0) is 10.0 Å². The first-order valence-electron chi connectivity index (χ1n) is 7.69. The first-order valence-corrected chi connectivity index (χ1v) is 9.13. The summed E-state index contributed by atoms with van der Waals surface area (Å²) in [4.78, 5) is 13.7. The van der Waals surface area contributed by atoms with E-state index in [1.54, 1.807) is 29.2 Å². The lowest BCUT2D eigenvalue weighted by molar-refractivity contribution is 0.0698. The van der Waals surface area contributed by atoms with E-state index in [-0.39, 0.29) is 37.0 Å². The van der Waals surface area contributed by atoms with E-state index in [0.717, 1.165) is 12.1 Å². The van der Waals surface area contributed by atoms with Crippen molar-refractivity contribution in [2.45, 2.75) is 4.90 Å². The predicted molar refractivity (Wildman–Crippen MR) is 87.5 cm³/mol. The number of sulfonamides is 1. The molecule has 8 heteroatoms. The number of carbonyl (C=O) groups is 1. The van der Waals surface area contributed by atoms with Gasteiger partial charge in [-0.1, -0.05) is 18.2 Å². The van der Waals surface area contributed by atoms with Gasteiger partial charge < -0.3 is 4.90 Å². The molecule has 1 saturated heterocycles. The maximum absolute atomic E-state index is 13.3. The minimum Gasteiger partial charge on any atom is -0.336 e. The van der Waals surface area contributed by atoms with Crippen molar-refractivity contribution in [2.24, 2.45) is 0 Å². The highest BCUT2D eigenvalue weighted by Crippen LogP contribution is 2.20. The van der Waals surface area contributed by atoms with Crippen LogP contribution in [0.5, 0.6) is 0 Å². The van der Waals surface area contributed by atoms with Crippen LogP contribution in [0.4, 0.5) is 8.78 Å². The van der Waals surface area contributed by atoms with E-state index < -0.39 is 21.7 Å². The molecule has 2 aromatic carbocycles. The molecule has 25 heavy (non-hydrogen) atoms. The van der Waals surface area contributed by atoms with Crippen LogP contribution in [0.25, 0.3) is 0 Å². The summed E-state index contributed by atoms with van der Waals surface area (Å²) < 4.78 is 52.6. The highest BCUT2D eigenvalue weighted by atomic mass is 32.2. The number of nitrogens with zero attached hydrogens (tertiary/aromatic N) is 2. The van der Waals surface area contributed by atoms with Crippen molar-refractivity contribution in [1.82, 2.24) is 9.21 Å². The van der Waals surface area contributed by atoms with Gasteiger partial charge >= 0.3 is 0 Å². The quantitative estimate of drug-likeness (QED) is 0.836. The van der Waals surface area contributed by atoms with Gasteiger partial charge in [0.2, 0.25) is 10.0 Å². The Morgan fingerprint density at radius 3 is 2.12 bits per heavy atom. The van der Waals surface area contributed by atoms with Crippen LogP contribution in [0.3, 0.4) is 0 Å². The van der Waals surface area contributed by atoms with E-state index >= 15 is 0 Å². The fourth-order valence-corrected chi connectivity index (χ4v) is 4.12. The minimum atomic E-state index is -3.93. The summed E-state index contributed by atoms with van der Waals surface area (Å²) in [6.45, 7) is 0.660. The van der Waals surface area contributed by atoms with E-state index in [1.807, 2.05) is 6.07 Å². The summed E-state index contributed by atoms with van der Waals surface area (Å²) in [6.07, 6.45) is 0. The second kappa shape index (κ2) is 6.89. The smallest absolute Gasteiger partial charge is 0.253 e. The van der Waals surface area contributed by atoms with Gasteiger partial charge in [-0.05, 0) is 30.3 Å². The number of carbonyl (C=O) groups excluding carboxylic acids is 1. The highest BCUT2D eigenvalue weighted by molar-refractivity contribution is 7.89. The van der Waals surface area contributed by atoms with Crippen LogP contribution in [0, 0.1) is 11.6 Å². The molecule has 0 N–H and O–H groups in total. The lowest BCUT2D eigenvalue weighted by atomic mass is 10.2. The zero-order valence-corrected chi connectivity index (χ0v) is 14.0. The summed E-state index contributed by atoms with van der Waals surface area (Å²) in [5, 5.41) is 0. The summed E-state index contributed by atoms with van der Waals surface area (Å²) in [5.74, 6) is -2.47. The summed E-state index contributed by atoms with van der Waals surface area (Å²) >= 11 is 0. The van der Waals surface area contributed by atoms with Gasteiger partial charge in [0.1, 0.15) is 0 Å². The zero-order chi connectivity index (χ0) is 18.0. The van der Waals surface area contributed by atoms with Crippen molar-refractivity contribution in [3.63, 3.8) is 0 Å². The van der Waals surface area contributed by atoms with Gasteiger partial charge in [-0.25, -0.2) is 17.2 Å². The van der Waals surface area contributed by atoms with E-state index in [1.165, 1.54) is 4.31 Å². The molecule has 3 rings (SSSR count). The van der Waals surface area contributed by atoms with E-state index in [4.69, 9.17) is 0 Å². The number of amides is 1. The summed E-state index contributed by atoms with van der Waals surface area (Å²) in [5.41, 5.74) is 0.541. The van der Waals surface area contributed by atoms with Crippen molar-refractivity contribution < 1.29 is 22.0 Å². The Balaban J connectivity index is 1.71. The predicted octanol–water partition coefficient (Wildman–Crippen LogP) is 2.11. The Labute approximate surface area is 144 Å². The van der Waals surface area contributed by atoms with Crippen molar-refractivity contribution in [3.8, 4) is 0 Å². The number of halogens is 2. The molecule has 0 atom stereocenters. The maximum atomic E-state index is 13.3. The molecular weight excluding hydrogens is 350 g/mol. The second-order valence-corrected chi connectivity index (χ2v) is 7.58. The molecule has 2 aromatic rings. The Bertz CT molecular complexity index is 880. The van der Waals surface area contributed by atoms with Crippen LogP contribution in [0.2, 0.25) is 0 Å². The fourth-order valence-electron chi connectivity index (χ4n) is 2.68. The molecule has 1 heterocycles. The monoisotopic (exact) mass is 366 g/mol. The molecule has 1 aliphatic rings. The average molecular weight is 366 g/mol. The molecule has 1 fully saturated rings. The summed E-state index contributed by atoms with van der Waals surface area (Å²) in [7, 11) is -3.93. The van der Waals surface area contributed by atoms with E-state index in [2.05, 4.69) is 0 Å². The number of hydrogen-bond donors (Lipinski definition) is 0. The fraction of sp³-hybridized carbons (Fsp3) is 0.235. The average Bonchev–Trinajstić information content (AvgIpc) is 2.64. The lowest BCUT2D eigenvalue weighted by Gasteiger charge is -2.34. The third kappa shape index (κ3) is 3.54. The van der Waals surface area contributed by atoms with Crippen LogP contribution in [0.15, 0.2) is 53.4 Å². The van der Waals surface area contributed by atoms with Crippen molar-refractivity contribution >= 4 is 15.9 Å². The van der Waals surface area contributed by atoms with E-state index in [0.29, 0.717) is 11.6 Å². The summed E-state index contributed by atoms with van der Waals surface area (Å²) in [6, 6.07) is 11.2. The molecule has 0 spiro atoms. The first-order chi connectivity index (χ1) is 11.9. The zero-order valence-electron chi connectivity index (χ0n) is 13.2. The standard InChI is InChI=1S/C17H16F2N2O3S/c18-15-7-6-14(12-16(15)19)25(23,24)21-10-8-20(9-11-21)17(22)13-4-2-1-3-5-13/h1-7,12H,8-11H2. The minimum absolute atomic E-state index is 0.0971. The van der Waals surface area contributed by atoms with Gasteiger partial charge in [0.15, 0.2) is 11.6 Å². The molecule has 1 amide bonds. The van der Waals surface area contributed by atoms with Crippen molar-refractivity contribution in [3.05, 3.63) is 65.7 Å². The molecule has 0 radical (unpaired) electrons. The topological polar surface area (TPSA) is 57.7 Å². The Morgan fingerprint density at radius 2 is 1.52 bits per heavy atom. The first kappa shape index (κ1) is 17.5. The van der Waals surface area contributed by atoms with Crippen molar-refractivity contribution in [1.29, 1.82) is 0 Å². The molecular formula is C17H16F2N2O3S. The number of piperazine rings is 1. The largest absolute Gasteiger partial charge is 0.336 e. The normalized spacial score (nSPS) is 16.0. The van der Waals surface area contributed by atoms with Crippen LogP contribution in [-0.4, -0.2) is 49.7 Å². The van der Waals surface area contributed by atoms with E-state index in [9.17, 15) is 22.0 Å². The van der Waals surface area contributed by atoms with Gasteiger partial charge in [0.05, 0.1) is 4.90 Å². The molecule has 132 valence electrons. The number of benzene rings is 2. The van der Waals surface area contributed by atoms with Gasteiger partial charge in [-0.2, -0.15) is 4.31 Å². The highest BCUT2D eigenvalue weighted by Gasteiger charge is 2.30. The molecule has 0 unspecified atom stereocenters. The van der Waals surface area contributed by atoms with Crippen LogP contribution >= 0.6 is 0 Å². The van der Waals surface area contributed by atoms with Gasteiger partial charge in [-0.15, -0.1) is 0 Å². The molecule has 1 aliphatic heterocycles. The number of hydrogen-bond acceptors (Lipinski definition) is 3. The van der Waals surface area contributed by atoms with Crippen LogP contribution < -0.4 is 0 Å². The second-order valence-electron chi connectivity index (χ2n) is 5.64. The number of rotatable bonds is 3. The SMILES string of the molecule is O=C(c1ccccc1)N1CCN(S(=O)(=O)c2ccc(F)c(F)c2)CC1. The molecule has 0 aliphatic carbocycles. The Hall–Kier alpha value is -2.32. The maximum Gasteiger partial charge on any atom is 0.253 e. The lowest BCUT2D eigenvalue weighted by Crippen LogP contribution is -2.50. The van der Waals surface area contributed by atoms with Crippen molar-refractivity contribution in [2.75, 3.05) is 26.2 Å². The van der Waals surface area contributed by atoms with Crippen LogP contribution in [0.1, 0.15) is 10.4 Å². The third-order valence-electron chi connectivity index (χ3n) is 4.08. The molecule has 0 bridgehead atoms. The van der Waals surface area contributed by atoms with Gasteiger partial charge in [0, 0.05) is 31.7 Å². The Kier molecular flexibility index (Phi) is 4.82.